The minimum absolute atomic E-state index is 0.00955. The average molecular weight is 530 g/mol. The Morgan fingerprint density at radius 2 is 1.65 bits per heavy atom. The molecule has 0 aromatic heterocycles. The van der Waals surface area contributed by atoms with Crippen molar-refractivity contribution < 1.29 is 39.2 Å². The van der Waals surface area contributed by atoms with Crippen LogP contribution in [-0.4, -0.2) is 63.7 Å². The number of rotatable bonds is 18. The Bertz CT molecular complexity index is 685. The molecule has 0 saturated carbocycles. The second-order valence-electron chi connectivity index (χ2n) is 11.2. The van der Waals surface area contributed by atoms with Crippen LogP contribution in [0.3, 0.4) is 0 Å². The number of carboxylic acids is 1. The first-order valence-electron chi connectivity index (χ1n) is 14.2. The predicted molar refractivity (Wildman–Crippen MR) is 141 cm³/mol. The van der Waals surface area contributed by atoms with Gasteiger partial charge in [0, 0.05) is 12.5 Å². The standard InChI is InChI=1S/C28H51NO8/c1-5-6-12-19(3)27-24(36-26(34)16-21(15-25(32)33)28(35)37-27)14-18(2)11-9-7-8-10-13-22(30)17-23(31)20(4)29/h18-24,27,30-31H,5-17,29H2,1-4H3,(H,32,33). The fourth-order valence-corrected chi connectivity index (χ4v) is 4.95. The Balaban J connectivity index is 2.60. The molecule has 8 atom stereocenters. The smallest absolute Gasteiger partial charge is 0.310 e. The van der Waals surface area contributed by atoms with E-state index in [-0.39, 0.29) is 24.3 Å². The number of carboxylic acid groups (broad SMARTS) is 1. The van der Waals surface area contributed by atoms with Crippen LogP contribution in [0.4, 0.5) is 0 Å². The van der Waals surface area contributed by atoms with Crippen LogP contribution in [0.2, 0.25) is 0 Å². The van der Waals surface area contributed by atoms with Crippen molar-refractivity contribution in [2.24, 2.45) is 23.5 Å². The van der Waals surface area contributed by atoms with Gasteiger partial charge in [-0.05, 0) is 38.0 Å². The van der Waals surface area contributed by atoms with Crippen molar-refractivity contribution in [3.63, 3.8) is 0 Å². The highest BCUT2D eigenvalue weighted by atomic mass is 16.6. The number of ether oxygens (including phenoxy) is 2. The number of cyclic esters (lactones) is 2. The maximum absolute atomic E-state index is 12.7. The molecule has 0 spiro atoms. The first-order valence-corrected chi connectivity index (χ1v) is 14.2. The van der Waals surface area contributed by atoms with E-state index in [1.807, 2.05) is 6.92 Å². The molecule has 1 aliphatic heterocycles. The number of carbonyl (C=O) groups is 3. The van der Waals surface area contributed by atoms with Gasteiger partial charge in [0.1, 0.15) is 12.2 Å². The molecule has 1 aliphatic rings. The highest BCUT2D eigenvalue weighted by molar-refractivity contribution is 5.84. The van der Waals surface area contributed by atoms with Crippen LogP contribution in [0.5, 0.6) is 0 Å². The summed E-state index contributed by atoms with van der Waals surface area (Å²) in [6.45, 7) is 7.91. The van der Waals surface area contributed by atoms with Gasteiger partial charge in [0.2, 0.25) is 0 Å². The lowest BCUT2D eigenvalue weighted by Gasteiger charge is -2.35. The molecule has 0 aromatic carbocycles. The lowest BCUT2D eigenvalue weighted by molar-refractivity contribution is -0.186. The van der Waals surface area contributed by atoms with Gasteiger partial charge in [-0.1, -0.05) is 65.7 Å². The molecule has 1 saturated heterocycles. The Kier molecular flexibility index (Phi) is 16.0. The van der Waals surface area contributed by atoms with E-state index in [9.17, 15) is 24.6 Å². The number of aliphatic hydroxyl groups excluding tert-OH is 2. The van der Waals surface area contributed by atoms with E-state index in [1.165, 1.54) is 0 Å². The molecule has 216 valence electrons. The van der Waals surface area contributed by atoms with Gasteiger partial charge >= 0.3 is 17.9 Å². The summed E-state index contributed by atoms with van der Waals surface area (Å²) in [5.74, 6) is -3.10. The molecular formula is C28H51NO8. The molecule has 0 aromatic rings. The first-order chi connectivity index (χ1) is 17.4. The fraction of sp³-hybridized carbons (Fsp3) is 0.893. The van der Waals surface area contributed by atoms with Gasteiger partial charge in [-0.3, -0.25) is 14.4 Å². The van der Waals surface area contributed by atoms with Gasteiger partial charge in [-0.2, -0.15) is 0 Å². The van der Waals surface area contributed by atoms with E-state index in [1.54, 1.807) is 6.92 Å². The van der Waals surface area contributed by atoms with Crippen molar-refractivity contribution in [3.05, 3.63) is 0 Å². The summed E-state index contributed by atoms with van der Waals surface area (Å²) in [6, 6.07) is -0.350. The zero-order valence-electron chi connectivity index (χ0n) is 23.3. The maximum Gasteiger partial charge on any atom is 0.310 e. The molecule has 1 fully saturated rings. The summed E-state index contributed by atoms with van der Waals surface area (Å²) in [4.78, 5) is 36.5. The topological polar surface area (TPSA) is 156 Å². The highest BCUT2D eigenvalue weighted by Gasteiger charge is 2.39. The first kappa shape index (κ1) is 33.3. The molecular weight excluding hydrogens is 478 g/mol. The summed E-state index contributed by atoms with van der Waals surface area (Å²) in [5, 5.41) is 28.9. The molecule has 1 rings (SSSR count). The molecule has 37 heavy (non-hydrogen) atoms. The summed E-state index contributed by atoms with van der Waals surface area (Å²) < 4.78 is 11.6. The van der Waals surface area contributed by atoms with Crippen LogP contribution in [0, 0.1) is 17.8 Å². The summed E-state index contributed by atoms with van der Waals surface area (Å²) >= 11 is 0. The van der Waals surface area contributed by atoms with Crippen LogP contribution < -0.4 is 5.73 Å². The van der Waals surface area contributed by atoms with Gasteiger partial charge in [0.05, 0.1) is 31.0 Å². The molecule has 0 radical (unpaired) electrons. The molecule has 8 unspecified atom stereocenters. The predicted octanol–water partition coefficient (Wildman–Crippen LogP) is 3.96. The number of hydrogen-bond acceptors (Lipinski definition) is 8. The monoisotopic (exact) mass is 529 g/mol. The number of esters is 2. The number of nitrogens with two attached hydrogens (primary N) is 1. The van der Waals surface area contributed by atoms with Crippen molar-refractivity contribution in [2.45, 2.75) is 142 Å². The quantitative estimate of drug-likeness (QED) is 0.152. The van der Waals surface area contributed by atoms with E-state index < -0.39 is 54.7 Å². The minimum atomic E-state index is -1.15. The molecule has 5 N–H and O–H groups in total. The second kappa shape index (κ2) is 17.7. The van der Waals surface area contributed by atoms with Crippen LogP contribution >= 0.6 is 0 Å². The Labute approximate surface area is 222 Å². The molecule has 9 heteroatoms. The van der Waals surface area contributed by atoms with Gasteiger partial charge < -0.3 is 30.5 Å². The molecule has 9 nitrogen and oxygen atoms in total. The number of unbranched alkanes of at least 4 members (excludes halogenated alkanes) is 4. The van der Waals surface area contributed by atoms with Crippen molar-refractivity contribution in [1.29, 1.82) is 0 Å². The van der Waals surface area contributed by atoms with E-state index in [0.29, 0.717) is 19.3 Å². The largest absolute Gasteiger partial charge is 0.481 e. The summed E-state index contributed by atoms with van der Waals surface area (Å²) in [7, 11) is 0. The van der Waals surface area contributed by atoms with E-state index in [4.69, 9.17) is 20.3 Å². The Morgan fingerprint density at radius 3 is 2.24 bits per heavy atom. The van der Waals surface area contributed by atoms with Crippen LogP contribution in [-0.2, 0) is 23.9 Å². The van der Waals surface area contributed by atoms with Gasteiger partial charge in [-0.15, -0.1) is 0 Å². The van der Waals surface area contributed by atoms with Crippen molar-refractivity contribution in [1.82, 2.24) is 0 Å². The Hall–Kier alpha value is -1.71. The lowest BCUT2D eigenvalue weighted by atomic mass is 9.87. The zero-order valence-corrected chi connectivity index (χ0v) is 23.3. The van der Waals surface area contributed by atoms with E-state index in [2.05, 4.69) is 13.8 Å². The SMILES string of the molecule is CCCCC(C)C1OC(=O)C(CC(=O)O)CC(=O)OC1CC(C)CCCCCCC(O)CC(O)C(C)N. The normalized spacial score (nSPS) is 24.7. The van der Waals surface area contributed by atoms with Crippen molar-refractivity contribution in [2.75, 3.05) is 0 Å². The lowest BCUT2D eigenvalue weighted by Crippen LogP contribution is -2.45. The van der Waals surface area contributed by atoms with Gasteiger partial charge in [0.15, 0.2) is 0 Å². The molecule has 0 amide bonds. The third-order valence-corrected chi connectivity index (χ3v) is 7.38. The second-order valence-corrected chi connectivity index (χ2v) is 11.2. The number of aliphatic carboxylic acids is 1. The molecule has 0 bridgehead atoms. The third kappa shape index (κ3) is 13.6. The maximum atomic E-state index is 12.7. The van der Waals surface area contributed by atoms with Crippen LogP contribution in [0.25, 0.3) is 0 Å². The average Bonchev–Trinajstić information content (AvgIpc) is 2.81. The molecule has 1 heterocycles. The summed E-state index contributed by atoms with van der Waals surface area (Å²) in [6.07, 6.45) is 6.03. The number of aliphatic hydroxyl groups is 2. The van der Waals surface area contributed by atoms with Crippen molar-refractivity contribution >= 4 is 17.9 Å². The van der Waals surface area contributed by atoms with Crippen LogP contribution in [0.15, 0.2) is 0 Å². The number of hydrogen-bond donors (Lipinski definition) is 4. The Morgan fingerprint density at radius 1 is 1.00 bits per heavy atom. The van der Waals surface area contributed by atoms with E-state index in [0.717, 1.165) is 51.4 Å². The number of carbonyl (C=O) groups excluding carboxylic acids is 2. The summed E-state index contributed by atoms with van der Waals surface area (Å²) in [5.41, 5.74) is 5.64. The minimum Gasteiger partial charge on any atom is -0.481 e. The third-order valence-electron chi connectivity index (χ3n) is 7.38. The van der Waals surface area contributed by atoms with Gasteiger partial charge in [0.25, 0.3) is 0 Å². The molecule has 0 aliphatic carbocycles. The zero-order chi connectivity index (χ0) is 28.0. The van der Waals surface area contributed by atoms with Crippen LogP contribution in [0.1, 0.15) is 111 Å². The fourth-order valence-electron chi connectivity index (χ4n) is 4.95. The van der Waals surface area contributed by atoms with E-state index >= 15 is 0 Å². The highest BCUT2D eigenvalue weighted by Crippen LogP contribution is 2.30. The van der Waals surface area contributed by atoms with Crippen molar-refractivity contribution in [3.8, 4) is 0 Å². The van der Waals surface area contributed by atoms with Gasteiger partial charge in [-0.25, -0.2) is 0 Å².